The van der Waals surface area contributed by atoms with Crippen molar-refractivity contribution in [3.8, 4) is 0 Å². The highest BCUT2D eigenvalue weighted by Crippen LogP contribution is 2.31. The van der Waals surface area contributed by atoms with Crippen LogP contribution in [0.5, 0.6) is 0 Å². The van der Waals surface area contributed by atoms with Crippen molar-refractivity contribution in [1.29, 1.82) is 0 Å². The van der Waals surface area contributed by atoms with E-state index < -0.39 is 5.79 Å². The van der Waals surface area contributed by atoms with E-state index >= 15 is 0 Å². The Bertz CT molecular complexity index is 370. The lowest BCUT2D eigenvalue weighted by molar-refractivity contribution is -0.274. The van der Waals surface area contributed by atoms with Crippen LogP contribution in [0.2, 0.25) is 0 Å². The molecule has 3 nitrogen and oxygen atoms in total. The number of benzene rings is 1. The van der Waals surface area contributed by atoms with Gasteiger partial charge in [-0.1, -0.05) is 43.7 Å². The molecule has 0 aromatic heterocycles. The molecule has 1 atom stereocenters. The Kier molecular flexibility index (Phi) is 7.52. The largest absolute Gasteiger partial charge is 0.345 e. The van der Waals surface area contributed by atoms with Gasteiger partial charge < -0.3 is 9.47 Å². The maximum Gasteiger partial charge on any atom is 0.208 e. The second kappa shape index (κ2) is 8.63. The Labute approximate surface area is 128 Å². The molecule has 0 bridgehead atoms. The van der Waals surface area contributed by atoms with Gasteiger partial charge in [0.2, 0.25) is 5.79 Å². The van der Waals surface area contributed by atoms with Crippen molar-refractivity contribution in [2.75, 3.05) is 32.8 Å². The number of rotatable bonds is 6. The number of hydrogen-bond donors (Lipinski definition) is 0. The molecule has 1 aliphatic heterocycles. The number of unbranched alkanes of at least 4 members (excludes halogenated alkanes) is 1. The van der Waals surface area contributed by atoms with E-state index in [1.165, 1.54) is 12.8 Å². The molecule has 0 saturated carbocycles. The molecule has 0 amide bonds. The predicted molar refractivity (Wildman–Crippen MR) is 84.3 cm³/mol. The van der Waals surface area contributed by atoms with Crippen molar-refractivity contribution in [2.45, 2.75) is 32.5 Å². The molecule has 0 N–H and O–H groups in total. The smallest absolute Gasteiger partial charge is 0.208 e. The van der Waals surface area contributed by atoms with Crippen LogP contribution in [-0.2, 0) is 15.3 Å². The van der Waals surface area contributed by atoms with Gasteiger partial charge in [0.25, 0.3) is 0 Å². The van der Waals surface area contributed by atoms with Gasteiger partial charge in [0.05, 0.1) is 13.2 Å². The first-order chi connectivity index (χ1) is 9.30. The van der Waals surface area contributed by atoms with Crippen LogP contribution in [0.15, 0.2) is 30.3 Å². The van der Waals surface area contributed by atoms with Crippen LogP contribution in [0.1, 0.15) is 32.3 Å². The second-order valence-corrected chi connectivity index (χ2v) is 5.03. The average molecular weight is 300 g/mol. The van der Waals surface area contributed by atoms with Gasteiger partial charge in [-0.25, -0.2) is 0 Å². The van der Waals surface area contributed by atoms with E-state index in [9.17, 15) is 0 Å². The van der Waals surface area contributed by atoms with Crippen LogP contribution in [0.4, 0.5) is 0 Å². The van der Waals surface area contributed by atoms with Crippen LogP contribution in [0, 0.1) is 0 Å². The van der Waals surface area contributed by atoms with Crippen LogP contribution in [0.25, 0.3) is 0 Å². The van der Waals surface area contributed by atoms with Gasteiger partial charge in [0, 0.05) is 18.7 Å². The first-order valence-corrected chi connectivity index (χ1v) is 7.36. The van der Waals surface area contributed by atoms with E-state index in [4.69, 9.17) is 9.47 Å². The van der Waals surface area contributed by atoms with E-state index in [1.54, 1.807) is 0 Å². The van der Waals surface area contributed by atoms with Crippen LogP contribution >= 0.6 is 12.4 Å². The van der Waals surface area contributed by atoms with Crippen molar-refractivity contribution in [3.05, 3.63) is 35.9 Å². The highest BCUT2D eigenvalue weighted by atomic mass is 35.5. The summed E-state index contributed by atoms with van der Waals surface area (Å²) >= 11 is 0. The SMILES string of the molecule is CCCCN1CCOC(OCC)(c2ccccc2)C1.Cl. The summed E-state index contributed by atoms with van der Waals surface area (Å²) in [6.45, 7) is 8.61. The summed E-state index contributed by atoms with van der Waals surface area (Å²) < 4.78 is 12.0. The summed E-state index contributed by atoms with van der Waals surface area (Å²) in [5.41, 5.74) is 1.12. The van der Waals surface area contributed by atoms with E-state index in [0.717, 1.165) is 31.8 Å². The lowest BCUT2D eigenvalue weighted by Crippen LogP contribution is -2.51. The lowest BCUT2D eigenvalue weighted by Gasteiger charge is -2.42. The monoisotopic (exact) mass is 299 g/mol. The first kappa shape index (κ1) is 17.4. The Hall–Kier alpha value is -0.610. The molecule has 4 heteroatoms. The number of ether oxygens (including phenoxy) is 2. The Morgan fingerprint density at radius 3 is 2.65 bits per heavy atom. The molecule has 1 fully saturated rings. The molecule has 20 heavy (non-hydrogen) atoms. The highest BCUT2D eigenvalue weighted by molar-refractivity contribution is 5.85. The first-order valence-electron chi connectivity index (χ1n) is 7.36. The van der Waals surface area contributed by atoms with Gasteiger partial charge >= 0.3 is 0 Å². The zero-order chi connectivity index (χ0) is 13.6. The van der Waals surface area contributed by atoms with Crippen LogP contribution < -0.4 is 0 Å². The maximum atomic E-state index is 6.04. The minimum Gasteiger partial charge on any atom is -0.345 e. The fourth-order valence-corrected chi connectivity index (χ4v) is 2.60. The molecule has 1 aromatic carbocycles. The molecule has 1 unspecified atom stereocenters. The summed E-state index contributed by atoms with van der Waals surface area (Å²) in [7, 11) is 0. The fourth-order valence-electron chi connectivity index (χ4n) is 2.60. The molecule has 114 valence electrons. The van der Waals surface area contributed by atoms with Gasteiger partial charge in [-0.3, -0.25) is 4.90 Å². The Balaban J connectivity index is 0.00000200. The van der Waals surface area contributed by atoms with Gasteiger partial charge in [-0.2, -0.15) is 0 Å². The standard InChI is InChI=1S/C16H25NO2.ClH/c1-3-5-11-17-12-13-19-16(14-17,18-4-2)15-9-7-6-8-10-15;/h6-10H,3-5,11-14H2,1-2H3;1H. The summed E-state index contributed by atoms with van der Waals surface area (Å²) in [6, 6.07) is 10.3. The van der Waals surface area contributed by atoms with Gasteiger partial charge in [-0.05, 0) is 19.9 Å². The minimum atomic E-state index is -0.581. The van der Waals surface area contributed by atoms with E-state index in [0.29, 0.717) is 6.61 Å². The number of halogens is 1. The fraction of sp³-hybridized carbons (Fsp3) is 0.625. The number of nitrogens with zero attached hydrogens (tertiary/aromatic N) is 1. The third kappa shape index (κ3) is 4.19. The highest BCUT2D eigenvalue weighted by Gasteiger charge is 2.38. The molecular weight excluding hydrogens is 274 g/mol. The third-order valence-electron chi connectivity index (χ3n) is 3.59. The summed E-state index contributed by atoms with van der Waals surface area (Å²) in [6.07, 6.45) is 2.46. The van der Waals surface area contributed by atoms with E-state index in [2.05, 4.69) is 24.0 Å². The molecule has 2 rings (SSSR count). The molecule has 0 radical (unpaired) electrons. The van der Waals surface area contributed by atoms with Gasteiger partial charge in [0.1, 0.15) is 0 Å². The summed E-state index contributed by atoms with van der Waals surface area (Å²) in [4.78, 5) is 2.45. The van der Waals surface area contributed by atoms with Gasteiger partial charge in [0.15, 0.2) is 0 Å². The van der Waals surface area contributed by atoms with Crippen molar-refractivity contribution in [1.82, 2.24) is 4.90 Å². The zero-order valence-electron chi connectivity index (χ0n) is 12.5. The third-order valence-corrected chi connectivity index (χ3v) is 3.59. The molecule has 1 aliphatic rings. The van der Waals surface area contributed by atoms with E-state index in [-0.39, 0.29) is 12.4 Å². The predicted octanol–water partition coefficient (Wildman–Crippen LogP) is 3.43. The number of hydrogen-bond acceptors (Lipinski definition) is 3. The summed E-state index contributed by atoms with van der Waals surface area (Å²) in [5.74, 6) is -0.581. The minimum absolute atomic E-state index is 0. The summed E-state index contributed by atoms with van der Waals surface area (Å²) in [5, 5.41) is 0. The van der Waals surface area contributed by atoms with Crippen LogP contribution in [-0.4, -0.2) is 37.7 Å². The second-order valence-electron chi connectivity index (χ2n) is 5.03. The normalized spacial score (nSPS) is 23.3. The topological polar surface area (TPSA) is 21.7 Å². The quantitative estimate of drug-likeness (QED) is 0.803. The number of morpholine rings is 1. The molecule has 1 saturated heterocycles. The molecule has 1 heterocycles. The van der Waals surface area contributed by atoms with Gasteiger partial charge in [-0.15, -0.1) is 12.4 Å². The van der Waals surface area contributed by atoms with Crippen LogP contribution in [0.3, 0.4) is 0 Å². The maximum absolute atomic E-state index is 6.04. The zero-order valence-corrected chi connectivity index (χ0v) is 13.3. The Morgan fingerprint density at radius 1 is 1.25 bits per heavy atom. The van der Waals surface area contributed by atoms with E-state index in [1.807, 2.05) is 25.1 Å². The Morgan fingerprint density at radius 2 is 2.00 bits per heavy atom. The molecule has 1 aromatic rings. The van der Waals surface area contributed by atoms with Crippen molar-refractivity contribution >= 4 is 12.4 Å². The van der Waals surface area contributed by atoms with Crippen molar-refractivity contribution in [2.24, 2.45) is 0 Å². The molecule has 0 aliphatic carbocycles. The lowest BCUT2D eigenvalue weighted by atomic mass is 10.0. The van der Waals surface area contributed by atoms with Crippen molar-refractivity contribution < 1.29 is 9.47 Å². The average Bonchev–Trinajstić information content (AvgIpc) is 2.47. The van der Waals surface area contributed by atoms with Crippen molar-refractivity contribution in [3.63, 3.8) is 0 Å². The molecular formula is C16H26ClNO2. The molecule has 0 spiro atoms.